The third-order valence-electron chi connectivity index (χ3n) is 4.71. The zero-order valence-corrected chi connectivity index (χ0v) is 17.4. The van der Waals surface area contributed by atoms with Crippen molar-refractivity contribution in [1.29, 1.82) is 0 Å². The maximum absolute atomic E-state index is 13.4. The van der Waals surface area contributed by atoms with Crippen LogP contribution < -0.4 is 14.9 Å². The normalized spacial score (nSPS) is 10.8. The molecule has 6 nitrogen and oxygen atoms in total. The number of hydrogen-bond acceptors (Lipinski definition) is 5. The Kier molecular flexibility index (Phi) is 5.92. The summed E-state index contributed by atoms with van der Waals surface area (Å²) in [6, 6.07) is 10.7. The molecule has 0 saturated carbocycles. The van der Waals surface area contributed by atoms with Gasteiger partial charge in [-0.2, -0.15) is 0 Å². The van der Waals surface area contributed by atoms with Crippen molar-refractivity contribution in [2.75, 3.05) is 21.2 Å². The maximum Gasteiger partial charge on any atom is 0.414 e. The minimum absolute atomic E-state index is 0.143. The van der Waals surface area contributed by atoms with Gasteiger partial charge in [0, 0.05) is 25.7 Å². The van der Waals surface area contributed by atoms with Crippen LogP contribution in [0.4, 0.5) is 4.79 Å². The van der Waals surface area contributed by atoms with Gasteiger partial charge in [-0.15, -0.1) is 0 Å². The summed E-state index contributed by atoms with van der Waals surface area (Å²) >= 11 is 0. The number of ether oxygens (including phenoxy) is 2. The summed E-state index contributed by atoms with van der Waals surface area (Å²) in [6.07, 6.45) is 1.03. The highest BCUT2D eigenvalue weighted by molar-refractivity contribution is 5.86. The third-order valence-corrected chi connectivity index (χ3v) is 4.71. The predicted octanol–water partition coefficient (Wildman–Crippen LogP) is 4.79. The molecule has 0 aliphatic heterocycles. The van der Waals surface area contributed by atoms with E-state index in [1.807, 2.05) is 31.2 Å². The van der Waals surface area contributed by atoms with Gasteiger partial charge in [0.2, 0.25) is 5.43 Å². The number of rotatable bonds is 5. The Morgan fingerprint density at radius 2 is 1.86 bits per heavy atom. The fraction of sp³-hybridized carbons (Fsp3) is 0.304. The fourth-order valence-electron chi connectivity index (χ4n) is 3.29. The van der Waals surface area contributed by atoms with Crippen LogP contribution in [0.15, 0.2) is 45.6 Å². The molecule has 0 atom stereocenters. The molecule has 0 unspecified atom stereocenters. The molecule has 0 aliphatic rings. The van der Waals surface area contributed by atoms with Crippen molar-refractivity contribution in [3.8, 4) is 22.6 Å². The van der Waals surface area contributed by atoms with E-state index in [2.05, 4.69) is 0 Å². The molecule has 152 valence electrons. The second-order valence-corrected chi connectivity index (χ2v) is 7.03. The topological polar surface area (TPSA) is 69.0 Å². The molecule has 1 heterocycles. The van der Waals surface area contributed by atoms with Crippen molar-refractivity contribution in [1.82, 2.24) is 4.90 Å². The highest BCUT2D eigenvalue weighted by Gasteiger charge is 2.20. The number of fused-ring (bicyclic) bond motifs is 1. The molecule has 3 aromatic rings. The number of benzene rings is 2. The van der Waals surface area contributed by atoms with Gasteiger partial charge in [-0.05, 0) is 31.0 Å². The van der Waals surface area contributed by atoms with Gasteiger partial charge in [0.05, 0.1) is 18.1 Å². The quantitative estimate of drug-likeness (QED) is 0.621. The molecule has 0 fully saturated rings. The average Bonchev–Trinajstić information content (AvgIpc) is 2.69. The second-order valence-electron chi connectivity index (χ2n) is 7.03. The molecule has 0 aliphatic carbocycles. The molecular weight excluding hydrogens is 370 g/mol. The van der Waals surface area contributed by atoms with Gasteiger partial charge in [0.1, 0.15) is 22.8 Å². The zero-order chi connectivity index (χ0) is 21.1. The molecule has 0 saturated heterocycles. The highest BCUT2D eigenvalue weighted by atomic mass is 16.6. The van der Waals surface area contributed by atoms with E-state index < -0.39 is 6.09 Å². The summed E-state index contributed by atoms with van der Waals surface area (Å²) in [5.74, 6) is 1.48. The van der Waals surface area contributed by atoms with Crippen molar-refractivity contribution >= 4 is 17.1 Å². The Labute approximate surface area is 169 Å². The number of nitrogens with zero attached hydrogens (tertiary/aromatic N) is 1. The van der Waals surface area contributed by atoms with Gasteiger partial charge >= 0.3 is 6.09 Å². The molecule has 0 radical (unpaired) electrons. The largest absolute Gasteiger partial charge is 0.496 e. The number of carbonyl (C=O) groups excluding carboxylic acids is 1. The van der Waals surface area contributed by atoms with Crippen LogP contribution in [0.25, 0.3) is 22.1 Å². The minimum Gasteiger partial charge on any atom is -0.496 e. The molecule has 1 amide bonds. The van der Waals surface area contributed by atoms with Crippen molar-refractivity contribution in [3.05, 3.63) is 57.9 Å². The van der Waals surface area contributed by atoms with E-state index in [0.29, 0.717) is 45.8 Å². The third kappa shape index (κ3) is 3.97. The summed E-state index contributed by atoms with van der Waals surface area (Å²) in [6.45, 7) is 3.77. The molecule has 0 bridgehead atoms. The van der Waals surface area contributed by atoms with E-state index in [4.69, 9.17) is 13.9 Å². The molecule has 29 heavy (non-hydrogen) atoms. The van der Waals surface area contributed by atoms with Crippen molar-refractivity contribution in [2.45, 2.75) is 26.7 Å². The highest BCUT2D eigenvalue weighted by Crippen LogP contribution is 2.33. The van der Waals surface area contributed by atoms with Gasteiger partial charge in [0.15, 0.2) is 0 Å². The van der Waals surface area contributed by atoms with Crippen molar-refractivity contribution < 1.29 is 18.7 Å². The molecule has 0 spiro atoms. The first-order valence-corrected chi connectivity index (χ1v) is 9.50. The Morgan fingerprint density at radius 3 is 2.52 bits per heavy atom. The number of para-hydroxylation sites is 1. The monoisotopic (exact) mass is 395 g/mol. The number of amides is 1. The van der Waals surface area contributed by atoms with Crippen LogP contribution in [0.1, 0.15) is 24.7 Å². The number of carbonyl (C=O) groups is 1. The van der Waals surface area contributed by atoms with Gasteiger partial charge in [0.25, 0.3) is 0 Å². The lowest BCUT2D eigenvalue weighted by Crippen LogP contribution is -2.25. The Hall–Kier alpha value is -3.28. The first-order chi connectivity index (χ1) is 13.9. The predicted molar refractivity (Wildman–Crippen MR) is 113 cm³/mol. The van der Waals surface area contributed by atoms with Crippen LogP contribution in [0.5, 0.6) is 11.5 Å². The van der Waals surface area contributed by atoms with E-state index in [9.17, 15) is 9.59 Å². The first kappa shape index (κ1) is 20.5. The minimum atomic E-state index is -0.480. The summed E-state index contributed by atoms with van der Waals surface area (Å²) in [4.78, 5) is 26.8. The van der Waals surface area contributed by atoms with Gasteiger partial charge in [-0.25, -0.2) is 4.79 Å². The maximum atomic E-state index is 13.4. The first-order valence-electron chi connectivity index (χ1n) is 9.50. The summed E-state index contributed by atoms with van der Waals surface area (Å²) < 4.78 is 16.9. The lowest BCUT2D eigenvalue weighted by atomic mass is 9.99. The standard InChI is InChI=1S/C23H25NO5/c1-6-9-15-12-17-20(13-19(15)29-23(26)24(3)4)28-14(2)21(22(17)25)16-10-7-8-11-18(16)27-5/h7-8,10-13H,6,9H2,1-5H3. The van der Waals surface area contributed by atoms with Crippen LogP contribution >= 0.6 is 0 Å². The van der Waals surface area contributed by atoms with E-state index in [0.717, 1.165) is 12.0 Å². The number of methoxy groups -OCH3 is 1. The van der Waals surface area contributed by atoms with E-state index in [1.165, 1.54) is 4.90 Å². The second kappa shape index (κ2) is 8.39. The zero-order valence-electron chi connectivity index (χ0n) is 17.4. The molecule has 6 heteroatoms. The summed E-state index contributed by atoms with van der Waals surface area (Å²) in [7, 11) is 4.81. The van der Waals surface area contributed by atoms with E-state index in [1.54, 1.807) is 40.3 Å². The molecule has 1 aromatic heterocycles. The molecular formula is C23H25NO5. The van der Waals surface area contributed by atoms with E-state index >= 15 is 0 Å². The smallest absolute Gasteiger partial charge is 0.414 e. The van der Waals surface area contributed by atoms with Crippen molar-refractivity contribution in [2.24, 2.45) is 0 Å². The SMILES string of the molecule is CCCc1cc2c(=O)c(-c3ccccc3OC)c(C)oc2cc1OC(=O)N(C)C. The lowest BCUT2D eigenvalue weighted by molar-refractivity contribution is 0.171. The average molecular weight is 395 g/mol. The van der Waals surface area contributed by atoms with Crippen LogP contribution in [0.2, 0.25) is 0 Å². The van der Waals surface area contributed by atoms with Crippen LogP contribution in [0, 0.1) is 6.92 Å². The Balaban J connectivity index is 2.25. The summed E-state index contributed by atoms with van der Waals surface area (Å²) in [5, 5.41) is 0.449. The summed E-state index contributed by atoms with van der Waals surface area (Å²) in [5.41, 5.74) is 2.18. The Bertz CT molecular complexity index is 1110. The van der Waals surface area contributed by atoms with Gasteiger partial charge in [-0.1, -0.05) is 31.5 Å². The van der Waals surface area contributed by atoms with Gasteiger partial charge in [-0.3, -0.25) is 4.79 Å². The number of aryl methyl sites for hydroxylation is 2. The Morgan fingerprint density at radius 1 is 1.14 bits per heavy atom. The lowest BCUT2D eigenvalue weighted by Gasteiger charge is -2.15. The van der Waals surface area contributed by atoms with E-state index in [-0.39, 0.29) is 5.43 Å². The molecule has 3 rings (SSSR count). The van der Waals surface area contributed by atoms with Crippen LogP contribution in [-0.4, -0.2) is 32.2 Å². The van der Waals surface area contributed by atoms with Crippen molar-refractivity contribution in [3.63, 3.8) is 0 Å². The fourth-order valence-corrected chi connectivity index (χ4v) is 3.29. The van der Waals surface area contributed by atoms with Crippen LogP contribution in [0.3, 0.4) is 0 Å². The molecule has 0 N–H and O–H groups in total. The number of hydrogen-bond donors (Lipinski definition) is 0. The van der Waals surface area contributed by atoms with Crippen LogP contribution in [-0.2, 0) is 6.42 Å². The molecule has 2 aromatic carbocycles. The van der Waals surface area contributed by atoms with Gasteiger partial charge < -0.3 is 18.8 Å².